The zero-order valence-corrected chi connectivity index (χ0v) is 13.0. The minimum absolute atomic E-state index is 0.248. The molecular weight excluding hydrogens is 307 g/mol. The highest BCUT2D eigenvalue weighted by atomic mass is 19.1. The Balaban J connectivity index is 1.75. The number of nitrogens with one attached hydrogen (secondary N) is 1. The van der Waals surface area contributed by atoms with Gasteiger partial charge >= 0.3 is 6.03 Å². The van der Waals surface area contributed by atoms with E-state index in [4.69, 9.17) is 4.42 Å². The van der Waals surface area contributed by atoms with Gasteiger partial charge in [0.05, 0.1) is 12.8 Å². The number of halogens is 1. The van der Waals surface area contributed by atoms with Crippen molar-refractivity contribution in [2.45, 2.75) is 13.1 Å². The summed E-state index contributed by atoms with van der Waals surface area (Å²) >= 11 is 0. The zero-order valence-electron chi connectivity index (χ0n) is 13.0. The monoisotopic (exact) mass is 324 g/mol. The minimum atomic E-state index is -0.301. The largest absolute Gasteiger partial charge is 0.467 e. The molecule has 3 rings (SSSR count). The lowest BCUT2D eigenvalue weighted by Gasteiger charge is -2.22. The Labute approximate surface area is 139 Å². The average molecular weight is 324 g/mol. The van der Waals surface area contributed by atoms with Crippen LogP contribution in [0.15, 0.2) is 77.4 Å². The highest BCUT2D eigenvalue weighted by Crippen LogP contribution is 2.14. The molecular formula is C19H17FN2O2. The van der Waals surface area contributed by atoms with Crippen molar-refractivity contribution in [3.05, 3.63) is 90.1 Å². The quantitative estimate of drug-likeness (QED) is 0.742. The molecule has 0 atom stereocenters. The fourth-order valence-electron chi connectivity index (χ4n) is 2.32. The van der Waals surface area contributed by atoms with Crippen LogP contribution in [0, 0.1) is 5.82 Å². The first-order valence-electron chi connectivity index (χ1n) is 7.58. The fraction of sp³-hybridized carbons (Fsp3) is 0.105. The molecule has 122 valence electrons. The molecule has 5 heteroatoms. The van der Waals surface area contributed by atoms with E-state index in [0.29, 0.717) is 24.5 Å². The third kappa shape index (κ3) is 4.23. The van der Waals surface area contributed by atoms with E-state index in [9.17, 15) is 9.18 Å². The molecule has 2 aromatic carbocycles. The third-order valence-corrected chi connectivity index (χ3v) is 3.53. The van der Waals surface area contributed by atoms with Crippen LogP contribution in [0.1, 0.15) is 11.3 Å². The van der Waals surface area contributed by atoms with Gasteiger partial charge in [-0.05, 0) is 42.0 Å². The van der Waals surface area contributed by atoms with Crippen molar-refractivity contribution < 1.29 is 13.6 Å². The van der Waals surface area contributed by atoms with Crippen LogP contribution in [0.2, 0.25) is 0 Å². The lowest BCUT2D eigenvalue weighted by Crippen LogP contribution is -2.33. The Morgan fingerprint density at radius 3 is 2.38 bits per heavy atom. The molecule has 0 aliphatic carbocycles. The topological polar surface area (TPSA) is 45.5 Å². The van der Waals surface area contributed by atoms with E-state index in [-0.39, 0.29) is 11.8 Å². The maximum atomic E-state index is 13.1. The molecule has 1 aromatic heterocycles. The van der Waals surface area contributed by atoms with E-state index >= 15 is 0 Å². The highest BCUT2D eigenvalue weighted by Gasteiger charge is 2.16. The van der Waals surface area contributed by atoms with Crippen molar-refractivity contribution in [1.29, 1.82) is 0 Å². The van der Waals surface area contributed by atoms with Crippen molar-refractivity contribution in [3.63, 3.8) is 0 Å². The molecule has 4 nitrogen and oxygen atoms in total. The molecule has 0 aliphatic heterocycles. The van der Waals surface area contributed by atoms with Crippen LogP contribution >= 0.6 is 0 Å². The summed E-state index contributed by atoms with van der Waals surface area (Å²) in [7, 11) is 0. The Hall–Kier alpha value is -3.08. The van der Waals surface area contributed by atoms with Gasteiger partial charge in [0.25, 0.3) is 0 Å². The first-order chi connectivity index (χ1) is 11.7. The van der Waals surface area contributed by atoms with Gasteiger partial charge in [0.15, 0.2) is 0 Å². The van der Waals surface area contributed by atoms with Crippen molar-refractivity contribution in [2.75, 3.05) is 5.32 Å². The third-order valence-electron chi connectivity index (χ3n) is 3.53. The number of furan rings is 1. The van der Waals surface area contributed by atoms with Gasteiger partial charge in [-0.25, -0.2) is 9.18 Å². The predicted molar refractivity (Wildman–Crippen MR) is 89.8 cm³/mol. The minimum Gasteiger partial charge on any atom is -0.467 e. The number of carbonyl (C=O) groups is 1. The number of hydrogen-bond acceptors (Lipinski definition) is 2. The summed E-state index contributed by atoms with van der Waals surface area (Å²) in [4.78, 5) is 14.2. The molecule has 0 unspecified atom stereocenters. The van der Waals surface area contributed by atoms with Crippen LogP contribution in [0.5, 0.6) is 0 Å². The van der Waals surface area contributed by atoms with Crippen LogP contribution in [0.3, 0.4) is 0 Å². The summed E-state index contributed by atoms with van der Waals surface area (Å²) < 4.78 is 18.4. The number of amides is 2. The number of urea groups is 1. The summed E-state index contributed by atoms with van der Waals surface area (Å²) in [5, 5.41) is 2.86. The normalized spacial score (nSPS) is 10.4. The van der Waals surface area contributed by atoms with Gasteiger partial charge in [0, 0.05) is 12.2 Å². The molecule has 2 amide bonds. The number of rotatable bonds is 5. The highest BCUT2D eigenvalue weighted by molar-refractivity contribution is 5.89. The molecule has 0 radical (unpaired) electrons. The Kier molecular flexibility index (Phi) is 4.91. The number of benzene rings is 2. The summed E-state index contributed by atoms with van der Waals surface area (Å²) in [5.74, 6) is 0.380. The molecule has 24 heavy (non-hydrogen) atoms. The maximum Gasteiger partial charge on any atom is 0.322 e. The Morgan fingerprint density at radius 2 is 1.71 bits per heavy atom. The van der Waals surface area contributed by atoms with Gasteiger partial charge in [0.2, 0.25) is 0 Å². The lowest BCUT2D eigenvalue weighted by molar-refractivity contribution is 0.201. The molecule has 0 saturated heterocycles. The molecule has 0 fully saturated rings. The first kappa shape index (κ1) is 15.8. The lowest BCUT2D eigenvalue weighted by atomic mass is 10.2. The Bertz CT molecular complexity index is 771. The van der Waals surface area contributed by atoms with Crippen molar-refractivity contribution in [2.24, 2.45) is 0 Å². The van der Waals surface area contributed by atoms with Gasteiger partial charge in [-0.15, -0.1) is 0 Å². The second-order valence-corrected chi connectivity index (χ2v) is 5.36. The standard InChI is InChI=1S/C19H17FN2O2/c20-16-10-8-15(9-11-16)13-22(14-18-7-4-12-24-18)19(23)21-17-5-2-1-3-6-17/h1-12H,13-14H2,(H,21,23). The van der Waals surface area contributed by atoms with E-state index in [2.05, 4.69) is 5.32 Å². The molecule has 0 saturated carbocycles. The fourth-order valence-corrected chi connectivity index (χ4v) is 2.32. The van der Waals surface area contributed by atoms with Gasteiger partial charge in [-0.3, -0.25) is 0 Å². The maximum absolute atomic E-state index is 13.1. The van der Waals surface area contributed by atoms with Crippen LogP contribution in [-0.2, 0) is 13.1 Å². The molecule has 0 bridgehead atoms. The summed E-state index contributed by atoms with van der Waals surface area (Å²) in [6.07, 6.45) is 1.57. The Morgan fingerprint density at radius 1 is 0.958 bits per heavy atom. The zero-order chi connectivity index (χ0) is 16.8. The van der Waals surface area contributed by atoms with E-state index in [1.54, 1.807) is 29.4 Å². The number of anilines is 1. The number of hydrogen-bond donors (Lipinski definition) is 1. The van der Waals surface area contributed by atoms with Crippen molar-refractivity contribution in [1.82, 2.24) is 4.90 Å². The predicted octanol–water partition coefficient (Wildman–Crippen LogP) is 4.65. The van der Waals surface area contributed by atoms with Crippen molar-refractivity contribution in [3.8, 4) is 0 Å². The molecule has 0 aliphatic rings. The van der Waals surface area contributed by atoms with Gasteiger partial charge in [-0.1, -0.05) is 30.3 Å². The first-order valence-corrected chi connectivity index (χ1v) is 7.58. The van der Waals surface area contributed by atoms with E-state index in [0.717, 1.165) is 5.56 Å². The van der Waals surface area contributed by atoms with Gasteiger partial charge in [0.1, 0.15) is 11.6 Å². The van der Waals surface area contributed by atoms with E-state index in [1.807, 2.05) is 36.4 Å². The SMILES string of the molecule is O=C(Nc1ccccc1)N(Cc1ccc(F)cc1)Cc1ccco1. The summed E-state index contributed by atoms with van der Waals surface area (Å²) in [6.45, 7) is 0.669. The van der Waals surface area contributed by atoms with Gasteiger partial charge in [-0.2, -0.15) is 0 Å². The second kappa shape index (κ2) is 7.46. The number of para-hydroxylation sites is 1. The number of carbonyl (C=O) groups excluding carboxylic acids is 1. The second-order valence-electron chi connectivity index (χ2n) is 5.36. The van der Waals surface area contributed by atoms with Crippen molar-refractivity contribution >= 4 is 11.7 Å². The van der Waals surface area contributed by atoms with Crippen LogP contribution in [-0.4, -0.2) is 10.9 Å². The van der Waals surface area contributed by atoms with Crippen LogP contribution in [0.25, 0.3) is 0 Å². The smallest absolute Gasteiger partial charge is 0.322 e. The van der Waals surface area contributed by atoms with Crippen LogP contribution < -0.4 is 5.32 Å². The number of nitrogens with zero attached hydrogens (tertiary/aromatic N) is 1. The molecule has 1 N–H and O–H groups in total. The summed E-state index contributed by atoms with van der Waals surface area (Å²) in [5.41, 5.74) is 1.55. The van der Waals surface area contributed by atoms with Crippen LogP contribution in [0.4, 0.5) is 14.9 Å². The average Bonchev–Trinajstić information content (AvgIpc) is 3.10. The molecule has 0 spiro atoms. The van der Waals surface area contributed by atoms with E-state index in [1.165, 1.54) is 12.1 Å². The molecule has 3 aromatic rings. The van der Waals surface area contributed by atoms with Gasteiger partial charge < -0.3 is 14.6 Å². The summed E-state index contributed by atoms with van der Waals surface area (Å²) in [6, 6.07) is 18.7. The van der Waals surface area contributed by atoms with E-state index < -0.39 is 0 Å². The molecule has 1 heterocycles.